The predicted octanol–water partition coefficient (Wildman–Crippen LogP) is 4.82. The molecule has 0 saturated heterocycles. The molecule has 3 rings (SSSR count). The fourth-order valence-corrected chi connectivity index (χ4v) is 3.56. The van der Waals surface area contributed by atoms with Crippen molar-refractivity contribution < 1.29 is 9.72 Å². The molecule has 1 aromatic carbocycles. The summed E-state index contributed by atoms with van der Waals surface area (Å²) < 4.78 is 0. The third-order valence-corrected chi connectivity index (χ3v) is 5.17. The Bertz CT molecular complexity index is 1020. The van der Waals surface area contributed by atoms with Crippen molar-refractivity contribution in [3.05, 3.63) is 60.9 Å². The van der Waals surface area contributed by atoms with E-state index in [1.807, 2.05) is 0 Å². The van der Waals surface area contributed by atoms with Gasteiger partial charge in [-0.25, -0.2) is 4.99 Å². The molecule has 0 bridgehead atoms. The molecule has 0 atom stereocenters. The molecule has 0 saturated carbocycles. The smallest absolute Gasteiger partial charge is 0.296 e. The first-order valence-corrected chi connectivity index (χ1v) is 9.19. The standard InChI is InChI=1S/C14H7Cl2N5O3S2/c15-7-1-3-9(10(16)5-7)12(22)18-14-20-19-13(26-14)17-6-8-2-4-11(25-8)21(23)24/h1-6H,(H,18,20,22). The highest BCUT2D eigenvalue weighted by Crippen LogP contribution is 2.27. The average Bonchev–Trinajstić information content (AvgIpc) is 3.22. The van der Waals surface area contributed by atoms with Crippen LogP contribution in [0.3, 0.4) is 0 Å². The van der Waals surface area contributed by atoms with Gasteiger partial charge in [0.15, 0.2) is 0 Å². The number of benzene rings is 1. The van der Waals surface area contributed by atoms with E-state index in [4.69, 9.17) is 23.2 Å². The quantitative estimate of drug-likeness (QED) is 0.356. The maximum absolute atomic E-state index is 12.2. The van der Waals surface area contributed by atoms with Gasteiger partial charge < -0.3 is 0 Å². The number of halogens is 2. The van der Waals surface area contributed by atoms with Gasteiger partial charge in [0.1, 0.15) is 0 Å². The Kier molecular flexibility index (Phi) is 5.57. The number of aromatic nitrogens is 2. The number of amides is 1. The molecule has 132 valence electrons. The fraction of sp³-hybridized carbons (Fsp3) is 0. The highest BCUT2D eigenvalue weighted by Gasteiger charge is 2.14. The molecular formula is C14H7Cl2N5O3S2. The molecule has 26 heavy (non-hydrogen) atoms. The Labute approximate surface area is 164 Å². The third kappa shape index (κ3) is 4.41. The predicted molar refractivity (Wildman–Crippen MR) is 103 cm³/mol. The molecule has 0 aliphatic heterocycles. The summed E-state index contributed by atoms with van der Waals surface area (Å²) in [5, 5.41) is 22.1. The van der Waals surface area contributed by atoms with E-state index in [1.54, 1.807) is 12.1 Å². The zero-order valence-electron chi connectivity index (χ0n) is 12.6. The topological polar surface area (TPSA) is 110 Å². The molecule has 1 amide bonds. The SMILES string of the molecule is O=C(Nc1nnc(N=Cc2ccc([N+](=O)[O-])s2)s1)c1ccc(Cl)cc1Cl. The summed E-state index contributed by atoms with van der Waals surface area (Å²) >= 11 is 13.8. The van der Waals surface area contributed by atoms with Crippen LogP contribution in [0.2, 0.25) is 10.0 Å². The molecule has 2 aromatic heterocycles. The molecule has 8 nitrogen and oxygen atoms in total. The number of nitrogens with one attached hydrogen (secondary N) is 1. The zero-order chi connectivity index (χ0) is 18.7. The molecule has 1 N–H and O–H groups in total. The summed E-state index contributed by atoms with van der Waals surface area (Å²) in [4.78, 5) is 27.1. The molecule has 0 fully saturated rings. The van der Waals surface area contributed by atoms with Crippen LogP contribution in [0.4, 0.5) is 15.3 Å². The van der Waals surface area contributed by atoms with E-state index in [0.717, 1.165) is 22.7 Å². The number of thiophene rings is 1. The van der Waals surface area contributed by atoms with Crippen LogP contribution in [0.15, 0.2) is 35.3 Å². The lowest BCUT2D eigenvalue weighted by molar-refractivity contribution is -0.380. The molecular weight excluding hydrogens is 421 g/mol. The van der Waals surface area contributed by atoms with E-state index in [9.17, 15) is 14.9 Å². The van der Waals surface area contributed by atoms with Crippen LogP contribution in [0.25, 0.3) is 0 Å². The van der Waals surface area contributed by atoms with Crippen molar-refractivity contribution >= 4 is 73.3 Å². The first-order valence-electron chi connectivity index (χ1n) is 6.80. The van der Waals surface area contributed by atoms with E-state index < -0.39 is 10.8 Å². The molecule has 0 unspecified atom stereocenters. The average molecular weight is 428 g/mol. The summed E-state index contributed by atoms with van der Waals surface area (Å²) in [6.45, 7) is 0. The number of nitrogens with zero attached hydrogens (tertiary/aromatic N) is 4. The van der Waals surface area contributed by atoms with Gasteiger partial charge >= 0.3 is 5.00 Å². The highest BCUT2D eigenvalue weighted by molar-refractivity contribution is 7.19. The maximum atomic E-state index is 12.2. The Hall–Kier alpha value is -2.40. The number of hydrogen-bond acceptors (Lipinski definition) is 8. The molecule has 2 heterocycles. The van der Waals surface area contributed by atoms with Gasteiger partial charge in [0.2, 0.25) is 10.3 Å². The zero-order valence-corrected chi connectivity index (χ0v) is 15.7. The number of aliphatic imine (C=N–C) groups is 1. The highest BCUT2D eigenvalue weighted by atomic mass is 35.5. The molecule has 0 aliphatic rings. The van der Waals surface area contributed by atoms with E-state index in [0.29, 0.717) is 15.0 Å². The third-order valence-electron chi connectivity index (χ3n) is 2.91. The second-order valence-electron chi connectivity index (χ2n) is 4.66. The largest absolute Gasteiger partial charge is 0.324 e. The van der Waals surface area contributed by atoms with Crippen LogP contribution in [0.1, 0.15) is 15.2 Å². The van der Waals surface area contributed by atoms with Crippen LogP contribution in [-0.4, -0.2) is 27.2 Å². The van der Waals surface area contributed by atoms with Crippen molar-refractivity contribution in [1.29, 1.82) is 0 Å². The minimum atomic E-state index is -0.470. The van der Waals surface area contributed by atoms with Crippen molar-refractivity contribution in [3.63, 3.8) is 0 Å². The van der Waals surface area contributed by atoms with Gasteiger partial charge in [-0.1, -0.05) is 45.9 Å². The van der Waals surface area contributed by atoms with Crippen molar-refractivity contribution in [2.24, 2.45) is 4.99 Å². The van der Waals surface area contributed by atoms with E-state index in [2.05, 4.69) is 20.5 Å². The number of anilines is 1. The minimum absolute atomic E-state index is 0.0245. The van der Waals surface area contributed by atoms with Crippen LogP contribution >= 0.6 is 45.9 Å². The molecule has 0 radical (unpaired) electrons. The van der Waals surface area contributed by atoms with Gasteiger partial charge in [0.25, 0.3) is 5.91 Å². The van der Waals surface area contributed by atoms with Crippen molar-refractivity contribution in [2.75, 3.05) is 5.32 Å². The van der Waals surface area contributed by atoms with Gasteiger partial charge in [-0.05, 0) is 24.3 Å². The van der Waals surface area contributed by atoms with Crippen LogP contribution in [-0.2, 0) is 0 Å². The lowest BCUT2D eigenvalue weighted by atomic mass is 10.2. The van der Waals surface area contributed by atoms with Crippen molar-refractivity contribution in [1.82, 2.24) is 10.2 Å². The van der Waals surface area contributed by atoms with Crippen molar-refractivity contribution in [2.45, 2.75) is 0 Å². The van der Waals surface area contributed by atoms with E-state index >= 15 is 0 Å². The van der Waals surface area contributed by atoms with Gasteiger partial charge in [-0.15, -0.1) is 10.2 Å². The van der Waals surface area contributed by atoms with Gasteiger partial charge in [0, 0.05) is 17.3 Å². The van der Waals surface area contributed by atoms with Crippen molar-refractivity contribution in [3.8, 4) is 0 Å². The molecule has 0 spiro atoms. The number of carbonyl (C=O) groups is 1. The Morgan fingerprint density at radius 2 is 2.04 bits per heavy atom. The number of nitro groups is 1. The first-order chi connectivity index (χ1) is 12.4. The fourth-order valence-electron chi connectivity index (χ4n) is 1.78. The number of rotatable bonds is 5. The van der Waals surface area contributed by atoms with E-state index in [1.165, 1.54) is 24.4 Å². The van der Waals surface area contributed by atoms with Gasteiger partial charge in [-0.3, -0.25) is 20.2 Å². The van der Waals surface area contributed by atoms with Crippen LogP contribution in [0.5, 0.6) is 0 Å². The van der Waals surface area contributed by atoms with Gasteiger partial charge in [0.05, 0.1) is 20.4 Å². The molecule has 3 aromatic rings. The summed E-state index contributed by atoms with van der Waals surface area (Å²) in [7, 11) is 0. The summed E-state index contributed by atoms with van der Waals surface area (Å²) in [5.74, 6) is -0.452. The monoisotopic (exact) mass is 427 g/mol. The summed E-state index contributed by atoms with van der Waals surface area (Å²) in [6.07, 6.45) is 1.44. The Morgan fingerprint density at radius 1 is 1.23 bits per heavy atom. The second-order valence-corrected chi connectivity index (χ2v) is 7.55. The lowest BCUT2D eigenvalue weighted by Crippen LogP contribution is -2.12. The Balaban J connectivity index is 1.68. The normalized spacial score (nSPS) is 11.0. The number of hydrogen-bond donors (Lipinski definition) is 1. The molecule has 0 aliphatic carbocycles. The van der Waals surface area contributed by atoms with Gasteiger partial charge in [-0.2, -0.15) is 0 Å². The summed E-state index contributed by atoms with van der Waals surface area (Å²) in [5.41, 5.74) is 0.252. The van der Waals surface area contributed by atoms with E-state index in [-0.39, 0.29) is 20.7 Å². The summed E-state index contributed by atoms with van der Waals surface area (Å²) in [6, 6.07) is 7.50. The van der Waals surface area contributed by atoms with Crippen LogP contribution < -0.4 is 5.32 Å². The van der Waals surface area contributed by atoms with Crippen LogP contribution in [0, 0.1) is 10.1 Å². The maximum Gasteiger partial charge on any atom is 0.324 e. The number of carbonyl (C=O) groups excluding carboxylic acids is 1. The minimum Gasteiger partial charge on any atom is -0.296 e. The second kappa shape index (κ2) is 7.87. The Morgan fingerprint density at radius 3 is 2.73 bits per heavy atom. The first kappa shape index (κ1) is 18.4. The lowest BCUT2D eigenvalue weighted by Gasteiger charge is -2.03. The molecule has 12 heteroatoms.